The minimum Gasteiger partial charge on any atom is -0.352 e. The first-order valence-corrected chi connectivity index (χ1v) is 13.2. The van der Waals surface area contributed by atoms with Gasteiger partial charge in [-0.05, 0) is 66.6 Å². The molecule has 4 nitrogen and oxygen atoms in total. The van der Waals surface area contributed by atoms with Crippen LogP contribution >= 0.6 is 11.6 Å². The number of halogens is 1. The smallest absolute Gasteiger partial charge is 0.243 e. The van der Waals surface area contributed by atoms with E-state index in [0.29, 0.717) is 18.0 Å². The fourth-order valence-corrected chi connectivity index (χ4v) is 5.02. The van der Waals surface area contributed by atoms with Crippen LogP contribution in [0.3, 0.4) is 0 Å². The molecule has 0 heterocycles. The van der Waals surface area contributed by atoms with Gasteiger partial charge >= 0.3 is 0 Å². The summed E-state index contributed by atoms with van der Waals surface area (Å²) in [4.78, 5) is 29.4. The largest absolute Gasteiger partial charge is 0.352 e. The van der Waals surface area contributed by atoms with Gasteiger partial charge in [-0.15, -0.1) is 0 Å². The maximum atomic E-state index is 13.9. The number of amides is 2. The zero-order chi connectivity index (χ0) is 25.5. The van der Waals surface area contributed by atoms with E-state index in [1.807, 2.05) is 60.7 Å². The standard InChI is InChI=1S/C31H35ClN2O2/c1-22-12-13-26(18-23(22)2)20-30(35)34(21-25-14-16-27(32)17-15-25)29(19-24-8-4-3-5-9-24)31(36)33-28-10-6-7-11-28/h3-5,8-9,12-18,28-29H,6-7,10-11,19-21H2,1-2H3,(H,33,36)/t29-/m1/s1. The number of carbonyl (C=O) groups is 2. The highest BCUT2D eigenvalue weighted by Crippen LogP contribution is 2.21. The fourth-order valence-electron chi connectivity index (χ4n) is 4.90. The van der Waals surface area contributed by atoms with Gasteiger partial charge < -0.3 is 10.2 Å². The number of hydrogen-bond donors (Lipinski definition) is 1. The first kappa shape index (κ1) is 26.0. The molecule has 1 fully saturated rings. The van der Waals surface area contributed by atoms with Crippen molar-refractivity contribution in [1.82, 2.24) is 10.2 Å². The molecule has 36 heavy (non-hydrogen) atoms. The lowest BCUT2D eigenvalue weighted by Crippen LogP contribution is -2.52. The highest BCUT2D eigenvalue weighted by atomic mass is 35.5. The minimum atomic E-state index is -0.609. The third-order valence-electron chi connectivity index (χ3n) is 7.17. The number of nitrogens with zero attached hydrogens (tertiary/aromatic N) is 1. The Hall–Kier alpha value is -3.11. The van der Waals surface area contributed by atoms with Crippen molar-refractivity contribution >= 4 is 23.4 Å². The van der Waals surface area contributed by atoms with Gasteiger partial charge in [0.2, 0.25) is 11.8 Å². The van der Waals surface area contributed by atoms with Gasteiger partial charge in [-0.2, -0.15) is 0 Å². The van der Waals surface area contributed by atoms with Crippen molar-refractivity contribution in [2.24, 2.45) is 0 Å². The van der Waals surface area contributed by atoms with Gasteiger partial charge in [0, 0.05) is 24.0 Å². The van der Waals surface area contributed by atoms with E-state index in [2.05, 4.69) is 31.3 Å². The molecule has 3 aromatic carbocycles. The van der Waals surface area contributed by atoms with Gasteiger partial charge in [-0.25, -0.2) is 0 Å². The van der Waals surface area contributed by atoms with Crippen molar-refractivity contribution in [3.8, 4) is 0 Å². The molecule has 3 aromatic rings. The van der Waals surface area contributed by atoms with Crippen LogP contribution in [-0.4, -0.2) is 28.8 Å². The van der Waals surface area contributed by atoms with Crippen LogP contribution in [0, 0.1) is 13.8 Å². The van der Waals surface area contributed by atoms with Crippen molar-refractivity contribution < 1.29 is 9.59 Å². The number of benzene rings is 3. The molecular formula is C31H35ClN2O2. The van der Waals surface area contributed by atoms with Gasteiger partial charge in [0.1, 0.15) is 6.04 Å². The SMILES string of the molecule is Cc1ccc(CC(=O)N(Cc2ccc(Cl)cc2)[C@H](Cc2ccccc2)C(=O)NC2CCCC2)cc1C. The number of hydrogen-bond acceptors (Lipinski definition) is 2. The molecule has 5 heteroatoms. The van der Waals surface area contributed by atoms with E-state index in [-0.39, 0.29) is 24.3 Å². The first-order valence-electron chi connectivity index (χ1n) is 12.8. The Balaban J connectivity index is 1.66. The molecule has 2 amide bonds. The molecule has 188 valence electrons. The van der Waals surface area contributed by atoms with Crippen LogP contribution in [0.5, 0.6) is 0 Å². The zero-order valence-corrected chi connectivity index (χ0v) is 21.9. The molecule has 0 aliphatic heterocycles. The molecule has 0 spiro atoms. The van der Waals surface area contributed by atoms with Gasteiger partial charge in [0.05, 0.1) is 6.42 Å². The summed E-state index contributed by atoms with van der Waals surface area (Å²) in [6, 6.07) is 23.2. The van der Waals surface area contributed by atoms with Crippen LogP contribution in [0.4, 0.5) is 0 Å². The summed E-state index contributed by atoms with van der Waals surface area (Å²) >= 11 is 6.12. The Morgan fingerprint density at radius 2 is 1.56 bits per heavy atom. The second-order valence-corrected chi connectivity index (χ2v) is 10.4. The van der Waals surface area contributed by atoms with Crippen LogP contribution in [0.25, 0.3) is 0 Å². The van der Waals surface area contributed by atoms with Crippen molar-refractivity contribution in [1.29, 1.82) is 0 Å². The topological polar surface area (TPSA) is 49.4 Å². The quantitative estimate of drug-likeness (QED) is 0.379. The highest BCUT2D eigenvalue weighted by Gasteiger charge is 2.32. The van der Waals surface area contributed by atoms with E-state index in [9.17, 15) is 9.59 Å². The lowest BCUT2D eigenvalue weighted by Gasteiger charge is -2.32. The van der Waals surface area contributed by atoms with Gasteiger partial charge in [0.25, 0.3) is 0 Å². The van der Waals surface area contributed by atoms with E-state index < -0.39 is 6.04 Å². The lowest BCUT2D eigenvalue weighted by molar-refractivity contribution is -0.141. The molecule has 0 bridgehead atoms. The molecule has 1 aliphatic rings. The van der Waals surface area contributed by atoms with Gasteiger partial charge in [-0.3, -0.25) is 9.59 Å². The molecule has 1 aliphatic carbocycles. The lowest BCUT2D eigenvalue weighted by atomic mass is 10.00. The van der Waals surface area contributed by atoms with E-state index >= 15 is 0 Å². The Morgan fingerprint density at radius 3 is 2.22 bits per heavy atom. The summed E-state index contributed by atoms with van der Waals surface area (Å²) in [7, 11) is 0. The Labute approximate surface area is 219 Å². The summed E-state index contributed by atoms with van der Waals surface area (Å²) in [5.74, 6) is -0.135. The maximum Gasteiger partial charge on any atom is 0.243 e. The van der Waals surface area contributed by atoms with Crippen LogP contribution in [-0.2, 0) is 29.0 Å². The molecule has 0 aromatic heterocycles. The second-order valence-electron chi connectivity index (χ2n) is 9.94. The van der Waals surface area contributed by atoms with E-state index in [1.54, 1.807) is 4.90 Å². The van der Waals surface area contributed by atoms with E-state index in [0.717, 1.165) is 47.9 Å². The zero-order valence-electron chi connectivity index (χ0n) is 21.2. The average Bonchev–Trinajstić information content (AvgIpc) is 3.38. The summed E-state index contributed by atoms with van der Waals surface area (Å²) < 4.78 is 0. The van der Waals surface area contributed by atoms with Gasteiger partial charge in [-0.1, -0.05) is 85.1 Å². The Morgan fingerprint density at radius 1 is 0.889 bits per heavy atom. The van der Waals surface area contributed by atoms with Crippen LogP contribution in [0.15, 0.2) is 72.8 Å². The summed E-state index contributed by atoms with van der Waals surface area (Å²) in [5.41, 5.74) is 5.29. The van der Waals surface area contributed by atoms with Crippen LogP contribution in [0.1, 0.15) is 53.5 Å². The third kappa shape index (κ3) is 6.98. The Bertz CT molecular complexity index is 1170. The monoisotopic (exact) mass is 502 g/mol. The molecule has 0 radical (unpaired) electrons. The summed E-state index contributed by atoms with van der Waals surface area (Å²) in [6.07, 6.45) is 4.97. The van der Waals surface area contributed by atoms with Crippen molar-refractivity contribution in [3.63, 3.8) is 0 Å². The van der Waals surface area contributed by atoms with Crippen molar-refractivity contribution in [3.05, 3.63) is 106 Å². The first-order chi connectivity index (χ1) is 17.4. The molecule has 1 N–H and O–H groups in total. The second kappa shape index (κ2) is 12.2. The number of nitrogens with one attached hydrogen (secondary N) is 1. The van der Waals surface area contributed by atoms with E-state index in [4.69, 9.17) is 11.6 Å². The fraction of sp³-hybridized carbons (Fsp3) is 0.355. The van der Waals surface area contributed by atoms with E-state index in [1.165, 1.54) is 5.56 Å². The number of rotatable bonds is 9. The third-order valence-corrected chi connectivity index (χ3v) is 7.42. The predicted octanol–water partition coefficient (Wildman–Crippen LogP) is 6.20. The number of carbonyl (C=O) groups excluding carboxylic acids is 2. The number of aryl methyl sites for hydroxylation is 2. The Kier molecular flexibility index (Phi) is 8.82. The van der Waals surface area contributed by atoms with Crippen LogP contribution < -0.4 is 5.32 Å². The summed E-state index contributed by atoms with van der Waals surface area (Å²) in [5, 5.41) is 3.90. The molecular weight excluding hydrogens is 468 g/mol. The van der Waals surface area contributed by atoms with Crippen LogP contribution in [0.2, 0.25) is 5.02 Å². The molecule has 0 unspecified atom stereocenters. The molecule has 4 rings (SSSR count). The average molecular weight is 503 g/mol. The maximum absolute atomic E-state index is 13.9. The minimum absolute atomic E-state index is 0.0595. The summed E-state index contributed by atoms with van der Waals surface area (Å²) in [6.45, 7) is 4.47. The van der Waals surface area contributed by atoms with Gasteiger partial charge in [0.15, 0.2) is 0 Å². The predicted molar refractivity (Wildman–Crippen MR) is 146 cm³/mol. The highest BCUT2D eigenvalue weighted by molar-refractivity contribution is 6.30. The molecule has 1 saturated carbocycles. The van der Waals surface area contributed by atoms with Crippen molar-refractivity contribution in [2.45, 2.75) is 71.0 Å². The molecule has 0 saturated heterocycles. The normalized spacial score (nSPS) is 14.4. The molecule has 1 atom stereocenters. The van der Waals surface area contributed by atoms with Crippen molar-refractivity contribution in [2.75, 3.05) is 0 Å².